The predicted octanol–water partition coefficient (Wildman–Crippen LogP) is 3.66. The molecule has 0 aliphatic carbocycles. The van der Waals surface area contributed by atoms with E-state index < -0.39 is 23.8 Å². The number of hydrogen-bond acceptors (Lipinski definition) is 8. The molecule has 3 heterocycles. The number of phenols is 2. The van der Waals surface area contributed by atoms with Crippen molar-refractivity contribution >= 4 is 12.0 Å². The summed E-state index contributed by atoms with van der Waals surface area (Å²) in [4.78, 5) is 30.8. The van der Waals surface area contributed by atoms with Gasteiger partial charge in [0.25, 0.3) is 0 Å². The Morgan fingerprint density at radius 2 is 1.55 bits per heavy atom. The number of alkyl carbamates (subject to hydrolysis) is 1. The molecule has 1 saturated heterocycles. The number of carbonyl (C=O) groups is 2. The van der Waals surface area contributed by atoms with Gasteiger partial charge in [0.15, 0.2) is 23.0 Å². The van der Waals surface area contributed by atoms with Gasteiger partial charge in [-0.15, -0.1) is 0 Å². The molecule has 0 spiro atoms. The van der Waals surface area contributed by atoms with Gasteiger partial charge in [0.2, 0.25) is 5.91 Å². The van der Waals surface area contributed by atoms with E-state index in [1.165, 1.54) is 14.2 Å². The minimum absolute atomic E-state index is 0.0309. The Hall–Kier alpha value is -3.66. The largest absolute Gasteiger partial charge is 0.504 e. The molecule has 4 atom stereocenters. The molecule has 0 unspecified atom stereocenters. The Kier molecular flexibility index (Phi) is 6.81. The number of aromatic hydroxyl groups is 2. The molecule has 2 amide bonds. The van der Waals surface area contributed by atoms with Crippen LogP contribution in [0.4, 0.5) is 4.79 Å². The smallest absolute Gasteiger partial charge is 0.407 e. The van der Waals surface area contributed by atoms with Crippen LogP contribution in [0.5, 0.6) is 23.0 Å². The number of nitrogens with one attached hydrogen (secondary N) is 1. The van der Waals surface area contributed by atoms with Crippen LogP contribution in [0.1, 0.15) is 66.2 Å². The van der Waals surface area contributed by atoms with Crippen molar-refractivity contribution in [2.45, 2.75) is 77.2 Å². The number of hydrogen-bond donors (Lipinski definition) is 3. The fraction of sp³-hybridized carbons (Fsp3) is 0.533. The van der Waals surface area contributed by atoms with Gasteiger partial charge in [-0.3, -0.25) is 9.69 Å². The zero-order valence-corrected chi connectivity index (χ0v) is 24.4. The summed E-state index contributed by atoms with van der Waals surface area (Å²) in [7, 11) is 4.95. The second-order valence-electron chi connectivity index (χ2n) is 12.0. The molecule has 1 fully saturated rings. The molecule has 2 aromatic rings. The van der Waals surface area contributed by atoms with E-state index in [2.05, 4.69) is 5.32 Å². The Labute approximate surface area is 234 Å². The van der Waals surface area contributed by atoms with Crippen LogP contribution >= 0.6 is 0 Å². The number of rotatable bonds is 4. The van der Waals surface area contributed by atoms with Crippen molar-refractivity contribution in [2.75, 3.05) is 27.8 Å². The van der Waals surface area contributed by atoms with Gasteiger partial charge in [-0.05, 0) is 76.8 Å². The molecule has 0 saturated carbocycles. The molecule has 40 heavy (non-hydrogen) atoms. The summed E-state index contributed by atoms with van der Waals surface area (Å²) in [6, 6.07) is 2.11. The third kappa shape index (κ3) is 4.29. The summed E-state index contributed by atoms with van der Waals surface area (Å²) in [5.41, 5.74) is 3.98. The van der Waals surface area contributed by atoms with Gasteiger partial charge in [0, 0.05) is 17.7 Å². The van der Waals surface area contributed by atoms with Crippen LogP contribution in [-0.2, 0) is 22.4 Å². The van der Waals surface area contributed by atoms with E-state index >= 15 is 0 Å². The topological polar surface area (TPSA) is 121 Å². The van der Waals surface area contributed by atoms with Crippen LogP contribution in [0.25, 0.3) is 0 Å². The average Bonchev–Trinajstić information content (AvgIpc) is 2.85. The van der Waals surface area contributed by atoms with Crippen LogP contribution in [-0.4, -0.2) is 77.5 Å². The summed E-state index contributed by atoms with van der Waals surface area (Å²) >= 11 is 0. The number of nitrogens with zero attached hydrogens (tertiary/aromatic N) is 2. The highest BCUT2D eigenvalue weighted by atomic mass is 16.6. The molecule has 3 N–H and O–H groups in total. The molecule has 0 radical (unpaired) electrons. The number of piperazine rings is 1. The van der Waals surface area contributed by atoms with Gasteiger partial charge in [-0.25, -0.2) is 4.79 Å². The Balaban J connectivity index is 1.66. The lowest BCUT2D eigenvalue weighted by Crippen LogP contribution is -2.67. The van der Waals surface area contributed by atoms with Gasteiger partial charge >= 0.3 is 6.09 Å². The van der Waals surface area contributed by atoms with E-state index in [0.29, 0.717) is 29.9 Å². The number of aryl methyl sites for hydroxylation is 2. The molecule has 10 heteroatoms. The molecule has 3 aliphatic heterocycles. The fourth-order valence-corrected chi connectivity index (χ4v) is 6.90. The van der Waals surface area contributed by atoms with Gasteiger partial charge in [0.1, 0.15) is 5.60 Å². The highest BCUT2D eigenvalue weighted by molar-refractivity contribution is 5.86. The van der Waals surface area contributed by atoms with Crippen molar-refractivity contribution < 1.29 is 34.0 Å². The minimum Gasteiger partial charge on any atom is -0.504 e. The molecule has 2 aromatic carbocycles. The van der Waals surface area contributed by atoms with Crippen LogP contribution < -0.4 is 14.8 Å². The number of ether oxygens (including phenoxy) is 3. The Bertz CT molecular complexity index is 1380. The molecular weight excluding hydrogens is 514 g/mol. The van der Waals surface area contributed by atoms with Crippen molar-refractivity contribution in [2.24, 2.45) is 0 Å². The van der Waals surface area contributed by atoms with E-state index in [9.17, 15) is 19.8 Å². The summed E-state index contributed by atoms with van der Waals surface area (Å²) in [6.45, 7) is 9.12. The molecular formula is C30H39N3O7. The number of phenolic OH excluding ortho intramolecular Hbond substituents is 2. The molecule has 2 bridgehead atoms. The maximum Gasteiger partial charge on any atom is 0.407 e. The van der Waals surface area contributed by atoms with E-state index in [-0.39, 0.29) is 36.0 Å². The summed E-state index contributed by atoms with van der Waals surface area (Å²) < 4.78 is 16.5. The highest BCUT2D eigenvalue weighted by Crippen LogP contribution is 2.54. The van der Waals surface area contributed by atoms with Crippen LogP contribution in [0.15, 0.2) is 12.1 Å². The first-order valence-corrected chi connectivity index (χ1v) is 13.6. The monoisotopic (exact) mass is 553 g/mol. The maximum atomic E-state index is 14.3. The molecule has 216 valence electrons. The first-order chi connectivity index (χ1) is 18.8. The summed E-state index contributed by atoms with van der Waals surface area (Å²) in [5.74, 6) is 0.716. The number of fused-ring (bicyclic) bond motifs is 7. The lowest BCUT2D eigenvalue weighted by atomic mass is 9.74. The number of amides is 2. The highest BCUT2D eigenvalue weighted by Gasteiger charge is 2.55. The quantitative estimate of drug-likeness (QED) is 0.525. The number of likely N-dealkylation sites (N-methyl/N-ethyl adjacent to an activating group) is 1. The van der Waals surface area contributed by atoms with Crippen molar-refractivity contribution in [3.8, 4) is 23.0 Å². The van der Waals surface area contributed by atoms with Gasteiger partial charge < -0.3 is 34.6 Å². The van der Waals surface area contributed by atoms with E-state index in [1.54, 1.807) is 25.7 Å². The van der Waals surface area contributed by atoms with Crippen molar-refractivity contribution in [3.05, 3.63) is 45.5 Å². The first-order valence-electron chi connectivity index (χ1n) is 13.6. The number of benzene rings is 2. The van der Waals surface area contributed by atoms with Crippen molar-refractivity contribution in [1.82, 2.24) is 15.1 Å². The molecule has 0 aromatic heterocycles. The van der Waals surface area contributed by atoms with Crippen LogP contribution in [0.2, 0.25) is 0 Å². The molecule has 5 rings (SSSR count). The lowest BCUT2D eigenvalue weighted by Gasteiger charge is -2.57. The van der Waals surface area contributed by atoms with Crippen LogP contribution in [0.3, 0.4) is 0 Å². The van der Waals surface area contributed by atoms with E-state index in [0.717, 1.165) is 27.8 Å². The second kappa shape index (κ2) is 9.76. The normalized spacial score (nSPS) is 23.6. The first kappa shape index (κ1) is 27.9. The lowest BCUT2D eigenvalue weighted by molar-refractivity contribution is -0.156. The number of methoxy groups -OCH3 is 2. The maximum absolute atomic E-state index is 14.3. The van der Waals surface area contributed by atoms with Crippen LogP contribution in [0, 0.1) is 13.8 Å². The number of carbonyl (C=O) groups excluding carboxylic acids is 2. The third-order valence-electron chi connectivity index (χ3n) is 8.38. The van der Waals surface area contributed by atoms with E-state index in [1.807, 2.05) is 37.9 Å². The van der Waals surface area contributed by atoms with E-state index in [4.69, 9.17) is 14.2 Å². The zero-order valence-electron chi connectivity index (χ0n) is 24.4. The SMILES string of the molecule is COc1c(C)cc2c(c1O)[C@H]1[C@@H]3Cc4cc(C)c(OC)c(O)c4[C@H](CNC(=O)OC(C)(C)C)N3C(=O)[C@@H](C2)N1C. The summed E-state index contributed by atoms with van der Waals surface area (Å²) in [5, 5.41) is 25.6. The van der Waals surface area contributed by atoms with Gasteiger partial charge in [-0.2, -0.15) is 0 Å². The second-order valence-corrected chi connectivity index (χ2v) is 12.0. The zero-order chi connectivity index (χ0) is 29.3. The Morgan fingerprint density at radius 3 is 2.10 bits per heavy atom. The van der Waals surface area contributed by atoms with Crippen molar-refractivity contribution in [3.63, 3.8) is 0 Å². The van der Waals surface area contributed by atoms with Crippen molar-refractivity contribution in [1.29, 1.82) is 0 Å². The van der Waals surface area contributed by atoms with Gasteiger partial charge in [0.05, 0.1) is 38.4 Å². The summed E-state index contributed by atoms with van der Waals surface area (Å²) in [6.07, 6.45) is 0.254. The predicted molar refractivity (Wildman–Crippen MR) is 148 cm³/mol. The minimum atomic E-state index is -0.696. The molecule has 10 nitrogen and oxygen atoms in total. The third-order valence-corrected chi connectivity index (χ3v) is 8.38. The van der Waals surface area contributed by atoms with Gasteiger partial charge in [-0.1, -0.05) is 12.1 Å². The standard InChI is InChI=1S/C30H39N3O7/c1-14-9-16-11-18-23-22-17(10-15(2)27(39-8)25(22)35)12-19(32(23)6)28(36)33(18)20(21(16)24(34)26(14)38-7)13-31-29(37)40-30(3,4)5/h9-10,18-20,23,34-35H,11-13H2,1-8H3,(H,31,37)/t18-,19+,20-,23+/m0/s1. The Morgan fingerprint density at radius 1 is 1.00 bits per heavy atom. The fourth-order valence-electron chi connectivity index (χ4n) is 6.90. The molecule has 3 aliphatic rings. The average molecular weight is 554 g/mol.